The molecule has 6 heteroatoms. The van der Waals surface area contributed by atoms with Gasteiger partial charge in [0.1, 0.15) is 0 Å². The minimum atomic E-state index is -0.844. The first kappa shape index (κ1) is 69.1. The summed E-state index contributed by atoms with van der Waals surface area (Å²) in [4.78, 5) is 24.5. The molecule has 1 amide bonds. The maximum absolute atomic E-state index is 12.4. The largest absolute Gasteiger partial charge is 0.466 e. The minimum absolute atomic E-state index is 0.0109. The van der Waals surface area contributed by atoms with Crippen molar-refractivity contribution in [3.05, 3.63) is 36.5 Å². The fourth-order valence-electron chi connectivity index (χ4n) is 9.74. The summed E-state index contributed by atoms with van der Waals surface area (Å²) in [5.41, 5.74) is 0. The molecule has 0 aliphatic rings. The van der Waals surface area contributed by atoms with Gasteiger partial charge in [-0.05, 0) is 83.5 Å². The highest BCUT2D eigenvalue weighted by Gasteiger charge is 2.18. The molecule has 0 heterocycles. The van der Waals surface area contributed by atoms with E-state index in [2.05, 4.69) is 43.5 Å². The molecular weight excluding hydrogens is 875 g/mol. The van der Waals surface area contributed by atoms with Crippen LogP contribution >= 0.6 is 0 Å². The van der Waals surface area contributed by atoms with Gasteiger partial charge in [-0.1, -0.05) is 281 Å². The zero-order valence-corrected chi connectivity index (χ0v) is 47.7. The number of carbonyl (C=O) groups is 2. The summed E-state index contributed by atoms with van der Waals surface area (Å²) in [5, 5.41) is 23.0. The smallest absolute Gasteiger partial charge is 0.305 e. The third-order valence-electron chi connectivity index (χ3n) is 14.6. The van der Waals surface area contributed by atoms with Crippen LogP contribution in [0.2, 0.25) is 0 Å². The SMILES string of the molecule is CCCCCCCCC/C=C\CCCCCCCCCC(=O)OCCCCCCCCCCCCCC/C=C\CCCCCCCCCCCCC(=O)NC(CO)C(O)/C=C/CCCCCCCCCC. The molecule has 6 nitrogen and oxygen atoms in total. The van der Waals surface area contributed by atoms with E-state index in [9.17, 15) is 19.8 Å². The lowest BCUT2D eigenvalue weighted by molar-refractivity contribution is -0.143. The van der Waals surface area contributed by atoms with Gasteiger partial charge in [0.2, 0.25) is 5.91 Å². The van der Waals surface area contributed by atoms with Crippen molar-refractivity contribution < 1.29 is 24.5 Å². The Hall–Kier alpha value is -1.92. The van der Waals surface area contributed by atoms with E-state index in [4.69, 9.17) is 4.74 Å². The highest BCUT2D eigenvalue weighted by Crippen LogP contribution is 2.17. The number of hydrogen-bond acceptors (Lipinski definition) is 5. The van der Waals surface area contributed by atoms with Crippen LogP contribution in [0.5, 0.6) is 0 Å². The van der Waals surface area contributed by atoms with Gasteiger partial charge in [0.05, 0.1) is 25.4 Å². The maximum atomic E-state index is 12.4. The Morgan fingerprint density at radius 3 is 1.00 bits per heavy atom. The molecule has 0 aromatic heterocycles. The molecule has 0 aliphatic carbocycles. The van der Waals surface area contributed by atoms with Gasteiger partial charge in [-0.15, -0.1) is 0 Å². The van der Waals surface area contributed by atoms with Crippen LogP contribution in [0.25, 0.3) is 0 Å². The molecule has 0 spiro atoms. The lowest BCUT2D eigenvalue weighted by Crippen LogP contribution is -2.45. The zero-order valence-electron chi connectivity index (χ0n) is 47.7. The van der Waals surface area contributed by atoms with Crippen molar-refractivity contribution >= 4 is 11.9 Å². The molecule has 0 rings (SSSR count). The standard InChI is InChI=1S/C65H123NO5/c1-3-5-7-9-11-13-15-16-17-18-30-33-36-39-43-47-51-55-59-65(70)71-60-56-52-48-44-40-37-34-31-28-26-24-22-20-19-21-23-25-27-29-32-35-38-42-46-50-54-58-64(69)66-62(61-67)63(68)57-53-49-45-41-14-12-10-8-6-4-2/h17-19,21,53,57,62-63,67-68H,3-16,20,22-52,54-56,58-61H2,1-2H3,(H,66,69)/b18-17-,21-19-,57-53+. The zero-order chi connectivity index (χ0) is 51.4. The lowest BCUT2D eigenvalue weighted by Gasteiger charge is -2.20. The molecule has 418 valence electrons. The van der Waals surface area contributed by atoms with Gasteiger partial charge >= 0.3 is 5.97 Å². The monoisotopic (exact) mass is 998 g/mol. The Bertz CT molecular complexity index is 1150. The van der Waals surface area contributed by atoms with E-state index < -0.39 is 12.1 Å². The molecule has 0 aromatic carbocycles. The van der Waals surface area contributed by atoms with Crippen LogP contribution in [0.4, 0.5) is 0 Å². The molecule has 0 fully saturated rings. The predicted molar refractivity (Wildman–Crippen MR) is 310 cm³/mol. The quantitative estimate of drug-likeness (QED) is 0.0321. The van der Waals surface area contributed by atoms with Crippen LogP contribution in [0.1, 0.15) is 341 Å². The van der Waals surface area contributed by atoms with Gasteiger partial charge in [-0.25, -0.2) is 0 Å². The Labute approximate surface area is 443 Å². The number of esters is 1. The normalized spacial score (nSPS) is 12.8. The average Bonchev–Trinajstić information content (AvgIpc) is 3.37. The second kappa shape index (κ2) is 60.6. The second-order valence-corrected chi connectivity index (χ2v) is 21.7. The molecule has 0 aromatic rings. The molecule has 2 atom stereocenters. The van der Waals surface area contributed by atoms with E-state index in [1.807, 2.05) is 6.08 Å². The van der Waals surface area contributed by atoms with E-state index in [0.717, 1.165) is 44.9 Å². The van der Waals surface area contributed by atoms with Crippen molar-refractivity contribution in [3.63, 3.8) is 0 Å². The summed E-state index contributed by atoms with van der Waals surface area (Å²) < 4.78 is 5.50. The van der Waals surface area contributed by atoms with Gasteiger partial charge in [0, 0.05) is 12.8 Å². The van der Waals surface area contributed by atoms with Gasteiger partial charge in [-0.2, -0.15) is 0 Å². The molecule has 0 bridgehead atoms. The van der Waals surface area contributed by atoms with Gasteiger partial charge in [0.25, 0.3) is 0 Å². The first-order valence-corrected chi connectivity index (χ1v) is 31.8. The van der Waals surface area contributed by atoms with Crippen molar-refractivity contribution in [1.29, 1.82) is 0 Å². The number of aliphatic hydroxyl groups excluding tert-OH is 2. The van der Waals surface area contributed by atoms with E-state index in [1.54, 1.807) is 6.08 Å². The van der Waals surface area contributed by atoms with E-state index in [0.29, 0.717) is 19.4 Å². The molecule has 71 heavy (non-hydrogen) atoms. The van der Waals surface area contributed by atoms with Gasteiger partial charge in [-0.3, -0.25) is 9.59 Å². The Morgan fingerprint density at radius 2 is 0.662 bits per heavy atom. The topological polar surface area (TPSA) is 95.9 Å². The number of aliphatic hydroxyl groups is 2. The first-order chi connectivity index (χ1) is 35.0. The van der Waals surface area contributed by atoms with Crippen molar-refractivity contribution in [3.8, 4) is 0 Å². The summed E-state index contributed by atoms with van der Waals surface area (Å²) >= 11 is 0. The fourth-order valence-corrected chi connectivity index (χ4v) is 9.74. The summed E-state index contributed by atoms with van der Waals surface area (Å²) in [6.07, 6.45) is 76.3. The van der Waals surface area contributed by atoms with Crippen LogP contribution in [0.3, 0.4) is 0 Å². The Morgan fingerprint density at radius 1 is 0.380 bits per heavy atom. The molecule has 0 saturated carbocycles. The molecule has 0 saturated heterocycles. The van der Waals surface area contributed by atoms with Gasteiger partial charge in [0.15, 0.2) is 0 Å². The van der Waals surface area contributed by atoms with Crippen molar-refractivity contribution in [2.75, 3.05) is 13.2 Å². The first-order valence-electron chi connectivity index (χ1n) is 31.8. The van der Waals surface area contributed by atoms with E-state index in [-0.39, 0.29) is 18.5 Å². The van der Waals surface area contributed by atoms with E-state index >= 15 is 0 Å². The summed E-state index contributed by atoms with van der Waals surface area (Å²) in [6, 6.07) is -0.628. The van der Waals surface area contributed by atoms with Crippen molar-refractivity contribution in [2.24, 2.45) is 0 Å². The summed E-state index contributed by atoms with van der Waals surface area (Å²) in [6.45, 7) is 4.89. The third kappa shape index (κ3) is 57.2. The lowest BCUT2D eigenvalue weighted by atomic mass is 10.0. The van der Waals surface area contributed by atoms with Crippen LogP contribution in [-0.4, -0.2) is 47.4 Å². The van der Waals surface area contributed by atoms with Crippen LogP contribution in [0.15, 0.2) is 36.5 Å². The van der Waals surface area contributed by atoms with Crippen molar-refractivity contribution in [2.45, 2.75) is 353 Å². The molecule has 0 aliphatic heterocycles. The van der Waals surface area contributed by atoms with Crippen LogP contribution < -0.4 is 5.32 Å². The van der Waals surface area contributed by atoms with Crippen LogP contribution in [0, 0.1) is 0 Å². The number of carbonyl (C=O) groups excluding carboxylic acids is 2. The molecular formula is C65H123NO5. The number of allylic oxidation sites excluding steroid dienone is 5. The molecule has 2 unspecified atom stereocenters. The number of nitrogens with one attached hydrogen (secondary N) is 1. The second-order valence-electron chi connectivity index (χ2n) is 21.7. The number of amides is 1. The predicted octanol–water partition coefficient (Wildman–Crippen LogP) is 20.0. The highest BCUT2D eigenvalue weighted by atomic mass is 16.5. The highest BCUT2D eigenvalue weighted by molar-refractivity contribution is 5.76. The number of ether oxygens (including phenoxy) is 1. The summed E-state index contributed by atoms with van der Waals surface area (Å²) in [7, 11) is 0. The third-order valence-corrected chi connectivity index (χ3v) is 14.6. The maximum Gasteiger partial charge on any atom is 0.305 e. The average molecular weight is 999 g/mol. The Kier molecular flexibility index (Phi) is 59.0. The number of unbranched alkanes of at least 4 members (excludes halogenated alkanes) is 44. The number of hydrogen-bond donors (Lipinski definition) is 3. The van der Waals surface area contributed by atoms with Gasteiger partial charge < -0.3 is 20.3 Å². The Balaban J connectivity index is 3.37. The number of rotatable bonds is 59. The minimum Gasteiger partial charge on any atom is -0.466 e. The van der Waals surface area contributed by atoms with Crippen molar-refractivity contribution in [1.82, 2.24) is 5.32 Å². The summed E-state index contributed by atoms with van der Waals surface area (Å²) in [5.74, 6) is -0.0604. The molecule has 3 N–H and O–H groups in total. The van der Waals surface area contributed by atoms with E-state index in [1.165, 1.54) is 270 Å². The molecule has 0 radical (unpaired) electrons. The fraction of sp³-hybridized carbons (Fsp3) is 0.877. The van der Waals surface area contributed by atoms with Crippen LogP contribution in [-0.2, 0) is 14.3 Å².